The second-order valence-electron chi connectivity index (χ2n) is 6.87. The van der Waals surface area contributed by atoms with Crippen molar-refractivity contribution in [3.05, 3.63) is 86.3 Å². The van der Waals surface area contributed by atoms with E-state index in [1.807, 2.05) is 37.3 Å². The van der Waals surface area contributed by atoms with Crippen LogP contribution in [0.1, 0.15) is 29.2 Å². The first-order valence-electron chi connectivity index (χ1n) is 9.60. The molecule has 3 rings (SSSR count). The summed E-state index contributed by atoms with van der Waals surface area (Å²) >= 11 is 9.89. The van der Waals surface area contributed by atoms with Gasteiger partial charge in [0.1, 0.15) is 6.61 Å². The number of hydrogen-bond donors (Lipinski definition) is 1. The average molecular weight is 475 g/mol. The van der Waals surface area contributed by atoms with Crippen molar-refractivity contribution in [2.75, 3.05) is 11.9 Å². The van der Waals surface area contributed by atoms with Crippen molar-refractivity contribution in [2.45, 2.75) is 33.9 Å². The molecule has 3 aromatic rings. The lowest BCUT2D eigenvalue weighted by Crippen LogP contribution is -2.04. The average Bonchev–Trinajstić information content (AvgIpc) is 2.70. The Morgan fingerprint density at radius 3 is 2.48 bits per heavy atom. The zero-order valence-corrected chi connectivity index (χ0v) is 19.2. The predicted octanol–water partition coefficient (Wildman–Crippen LogP) is 7.31. The quantitative estimate of drug-likeness (QED) is 0.371. The zero-order valence-electron chi connectivity index (χ0n) is 16.9. The van der Waals surface area contributed by atoms with Crippen molar-refractivity contribution in [1.82, 2.24) is 0 Å². The highest BCUT2D eigenvalue weighted by molar-refractivity contribution is 9.10. The lowest BCUT2D eigenvalue weighted by atomic mass is 10.1. The molecule has 0 fully saturated rings. The van der Waals surface area contributed by atoms with Crippen LogP contribution in [0.3, 0.4) is 0 Å². The first-order valence-corrected chi connectivity index (χ1v) is 10.8. The number of ether oxygens (including phenoxy) is 2. The van der Waals surface area contributed by atoms with Gasteiger partial charge in [0.25, 0.3) is 0 Å². The van der Waals surface area contributed by atoms with Gasteiger partial charge in [-0.3, -0.25) is 0 Å². The van der Waals surface area contributed by atoms with E-state index in [-0.39, 0.29) is 0 Å². The molecule has 0 spiro atoms. The highest BCUT2D eigenvalue weighted by Crippen LogP contribution is 2.38. The molecule has 3 aromatic carbocycles. The highest BCUT2D eigenvalue weighted by Gasteiger charge is 2.13. The van der Waals surface area contributed by atoms with Gasteiger partial charge in [0, 0.05) is 22.8 Å². The Bertz CT molecular complexity index is 991. The van der Waals surface area contributed by atoms with E-state index in [1.54, 1.807) is 0 Å². The Kier molecular flexibility index (Phi) is 7.45. The molecule has 152 valence electrons. The summed E-state index contributed by atoms with van der Waals surface area (Å²) in [7, 11) is 0. The van der Waals surface area contributed by atoms with Crippen LogP contribution < -0.4 is 14.8 Å². The maximum absolute atomic E-state index is 6.25. The van der Waals surface area contributed by atoms with E-state index in [2.05, 4.69) is 59.4 Å². The van der Waals surface area contributed by atoms with Crippen LogP contribution in [0.5, 0.6) is 11.5 Å². The molecule has 0 heterocycles. The molecule has 5 heteroatoms. The Morgan fingerprint density at radius 1 is 0.966 bits per heavy atom. The fraction of sp³-hybridized carbons (Fsp3) is 0.250. The Balaban J connectivity index is 1.76. The second-order valence-corrected chi connectivity index (χ2v) is 8.13. The van der Waals surface area contributed by atoms with Gasteiger partial charge in [-0.15, -0.1) is 0 Å². The Labute approximate surface area is 186 Å². The lowest BCUT2D eigenvalue weighted by molar-refractivity contribution is 0.267. The summed E-state index contributed by atoms with van der Waals surface area (Å²) in [6, 6.07) is 18.1. The SMILES string of the molecule is CCOc1cc(CNc2ccc(C)c(C)c2)cc(Br)c1OCc1ccccc1Cl. The molecule has 0 aliphatic rings. The third-order valence-corrected chi connectivity index (χ3v) is 5.66. The molecule has 29 heavy (non-hydrogen) atoms. The molecular weight excluding hydrogens is 450 g/mol. The van der Waals surface area contributed by atoms with E-state index in [9.17, 15) is 0 Å². The van der Waals surface area contributed by atoms with Gasteiger partial charge in [0.05, 0.1) is 11.1 Å². The maximum Gasteiger partial charge on any atom is 0.175 e. The van der Waals surface area contributed by atoms with E-state index in [1.165, 1.54) is 11.1 Å². The van der Waals surface area contributed by atoms with Gasteiger partial charge >= 0.3 is 0 Å². The first kappa shape index (κ1) is 21.5. The normalized spacial score (nSPS) is 10.7. The fourth-order valence-electron chi connectivity index (χ4n) is 2.95. The first-order chi connectivity index (χ1) is 14.0. The topological polar surface area (TPSA) is 30.5 Å². The largest absolute Gasteiger partial charge is 0.490 e. The van der Waals surface area contributed by atoms with Crippen LogP contribution in [0, 0.1) is 13.8 Å². The van der Waals surface area contributed by atoms with E-state index in [0.29, 0.717) is 36.3 Å². The van der Waals surface area contributed by atoms with E-state index in [4.69, 9.17) is 21.1 Å². The van der Waals surface area contributed by atoms with E-state index < -0.39 is 0 Å². The summed E-state index contributed by atoms with van der Waals surface area (Å²) in [5, 5.41) is 4.17. The minimum Gasteiger partial charge on any atom is -0.490 e. The van der Waals surface area contributed by atoms with Crippen molar-refractivity contribution in [3.8, 4) is 11.5 Å². The molecule has 0 radical (unpaired) electrons. The number of anilines is 1. The number of hydrogen-bond acceptors (Lipinski definition) is 3. The van der Waals surface area contributed by atoms with Gasteiger partial charge in [0.2, 0.25) is 0 Å². The Hall–Kier alpha value is -2.17. The predicted molar refractivity (Wildman–Crippen MR) is 124 cm³/mol. The molecule has 0 amide bonds. The molecule has 0 aliphatic heterocycles. The smallest absolute Gasteiger partial charge is 0.175 e. The monoisotopic (exact) mass is 473 g/mol. The van der Waals surface area contributed by atoms with Gasteiger partial charge in [0.15, 0.2) is 11.5 Å². The fourth-order valence-corrected chi connectivity index (χ4v) is 3.74. The van der Waals surface area contributed by atoms with Crippen LogP contribution in [-0.2, 0) is 13.2 Å². The number of halogens is 2. The number of rotatable bonds is 8. The minimum atomic E-state index is 0.374. The van der Waals surface area contributed by atoms with E-state index in [0.717, 1.165) is 21.3 Å². The van der Waals surface area contributed by atoms with Crippen LogP contribution in [0.25, 0.3) is 0 Å². The minimum absolute atomic E-state index is 0.374. The molecule has 0 aromatic heterocycles. The van der Waals surface area contributed by atoms with E-state index >= 15 is 0 Å². The van der Waals surface area contributed by atoms with Gasteiger partial charge in [-0.05, 0) is 83.7 Å². The summed E-state index contributed by atoms with van der Waals surface area (Å²) in [5.41, 5.74) is 5.69. The van der Waals surface area contributed by atoms with Crippen LogP contribution in [0.4, 0.5) is 5.69 Å². The van der Waals surface area contributed by atoms with Crippen molar-refractivity contribution in [3.63, 3.8) is 0 Å². The summed E-state index contributed by atoms with van der Waals surface area (Å²) < 4.78 is 12.8. The molecule has 0 bridgehead atoms. The summed E-state index contributed by atoms with van der Waals surface area (Å²) in [6.45, 7) is 7.82. The molecule has 3 nitrogen and oxygen atoms in total. The molecular formula is C24H25BrClNO2. The molecule has 0 atom stereocenters. The Morgan fingerprint density at radius 2 is 1.76 bits per heavy atom. The molecule has 1 N–H and O–H groups in total. The van der Waals surface area contributed by atoms with Gasteiger partial charge < -0.3 is 14.8 Å². The van der Waals surface area contributed by atoms with Gasteiger partial charge in [-0.25, -0.2) is 0 Å². The number of nitrogens with one attached hydrogen (secondary N) is 1. The standard InChI is InChI=1S/C24H25BrClNO2/c1-4-28-23-13-18(14-27-20-10-9-16(2)17(3)11-20)12-21(25)24(23)29-15-19-7-5-6-8-22(19)26/h5-13,27H,4,14-15H2,1-3H3. The second kappa shape index (κ2) is 10.0. The van der Waals surface area contributed by atoms with Crippen LogP contribution in [0.15, 0.2) is 59.1 Å². The van der Waals surface area contributed by atoms with Crippen LogP contribution in [-0.4, -0.2) is 6.61 Å². The summed E-state index contributed by atoms with van der Waals surface area (Å²) in [5.74, 6) is 1.40. The molecule has 0 unspecified atom stereocenters. The van der Waals surface area contributed by atoms with Crippen LogP contribution in [0.2, 0.25) is 5.02 Å². The maximum atomic E-state index is 6.25. The van der Waals surface area contributed by atoms with Crippen molar-refractivity contribution >= 4 is 33.2 Å². The molecule has 0 saturated heterocycles. The van der Waals surface area contributed by atoms with Gasteiger partial charge in [-0.2, -0.15) is 0 Å². The van der Waals surface area contributed by atoms with Crippen molar-refractivity contribution in [1.29, 1.82) is 0 Å². The summed E-state index contributed by atoms with van der Waals surface area (Å²) in [4.78, 5) is 0. The summed E-state index contributed by atoms with van der Waals surface area (Å²) in [6.07, 6.45) is 0. The van der Waals surface area contributed by atoms with Crippen LogP contribution >= 0.6 is 27.5 Å². The third kappa shape index (κ3) is 5.68. The van der Waals surface area contributed by atoms with Crippen molar-refractivity contribution in [2.24, 2.45) is 0 Å². The number of aryl methyl sites for hydroxylation is 2. The lowest BCUT2D eigenvalue weighted by Gasteiger charge is -2.16. The number of benzene rings is 3. The zero-order chi connectivity index (χ0) is 20.8. The molecule has 0 aliphatic carbocycles. The molecule has 0 saturated carbocycles. The highest BCUT2D eigenvalue weighted by atomic mass is 79.9. The van der Waals surface area contributed by atoms with Gasteiger partial charge in [-0.1, -0.05) is 35.9 Å². The third-order valence-electron chi connectivity index (χ3n) is 4.70. The van der Waals surface area contributed by atoms with Crippen molar-refractivity contribution < 1.29 is 9.47 Å².